The van der Waals surface area contributed by atoms with Gasteiger partial charge in [-0.3, -0.25) is 14.7 Å². The molecule has 0 unspecified atom stereocenters. The zero-order valence-electron chi connectivity index (χ0n) is 14.0. The fourth-order valence-electron chi connectivity index (χ4n) is 3.30. The molecule has 25 heavy (non-hydrogen) atoms. The number of hydrogen-bond acceptors (Lipinski definition) is 4. The van der Waals surface area contributed by atoms with Crippen LogP contribution in [0.5, 0.6) is 0 Å². The number of para-hydroxylation sites is 2. The van der Waals surface area contributed by atoms with Gasteiger partial charge in [0, 0.05) is 19.3 Å². The van der Waals surface area contributed by atoms with E-state index in [1.807, 2.05) is 49.5 Å². The molecule has 1 aliphatic heterocycles. The number of nitrogens with zero attached hydrogens (tertiary/aromatic N) is 4. The summed E-state index contributed by atoms with van der Waals surface area (Å²) in [5, 5.41) is 10.9. The molecular formula is C19H19N5O. The highest BCUT2D eigenvalue weighted by atomic mass is 16.2. The maximum Gasteiger partial charge on any atom is 0.235 e. The van der Waals surface area contributed by atoms with Crippen LogP contribution in [0, 0.1) is 5.92 Å². The van der Waals surface area contributed by atoms with E-state index < -0.39 is 0 Å². The average molecular weight is 333 g/mol. The summed E-state index contributed by atoms with van der Waals surface area (Å²) in [7, 11) is 2.02. The molecule has 6 heteroatoms. The topological polar surface area (TPSA) is 63.1 Å². The Morgan fingerprint density at radius 2 is 1.88 bits per heavy atom. The fourth-order valence-corrected chi connectivity index (χ4v) is 3.30. The van der Waals surface area contributed by atoms with E-state index >= 15 is 0 Å². The third-order valence-corrected chi connectivity index (χ3v) is 4.55. The highest BCUT2D eigenvalue weighted by Gasteiger charge is 2.28. The molecule has 0 aliphatic carbocycles. The van der Waals surface area contributed by atoms with Crippen LogP contribution in [0.4, 0.5) is 11.6 Å². The number of fused-ring (bicyclic) bond motifs is 1. The second kappa shape index (κ2) is 6.39. The van der Waals surface area contributed by atoms with E-state index in [2.05, 4.69) is 32.5 Å². The van der Waals surface area contributed by atoms with Crippen LogP contribution < -0.4 is 10.2 Å². The Bertz CT molecular complexity index is 890. The normalized spacial score (nSPS) is 16.4. The lowest BCUT2D eigenvalue weighted by Gasteiger charge is -2.32. The Hall–Kier alpha value is -3.15. The molecule has 0 bridgehead atoms. The number of aromatic nitrogens is 3. The van der Waals surface area contributed by atoms with E-state index in [0.29, 0.717) is 12.5 Å². The molecule has 4 rings (SSSR count). The summed E-state index contributed by atoms with van der Waals surface area (Å²) in [5.41, 5.74) is 3.30. The summed E-state index contributed by atoms with van der Waals surface area (Å²) in [6.07, 6.45) is 2.33. The van der Waals surface area contributed by atoms with Crippen molar-refractivity contribution in [3.63, 3.8) is 0 Å². The summed E-state index contributed by atoms with van der Waals surface area (Å²) in [5.74, 6) is 0.282. The van der Waals surface area contributed by atoms with Gasteiger partial charge in [0.1, 0.15) is 6.33 Å². The SMILES string of the molecule is CN1C[C@H](C(=O)Nc2nncn2-c2ccccc2)Cc2ccccc21. The van der Waals surface area contributed by atoms with Crippen molar-refractivity contribution in [1.29, 1.82) is 0 Å². The first kappa shape index (κ1) is 15.4. The van der Waals surface area contributed by atoms with Crippen LogP contribution in [-0.2, 0) is 11.2 Å². The first-order chi connectivity index (χ1) is 12.2. The van der Waals surface area contributed by atoms with Crippen LogP contribution in [0.2, 0.25) is 0 Å². The van der Waals surface area contributed by atoms with Gasteiger partial charge in [0.2, 0.25) is 11.9 Å². The second-order valence-electron chi connectivity index (χ2n) is 6.26. The van der Waals surface area contributed by atoms with Crippen LogP contribution in [0.25, 0.3) is 5.69 Å². The predicted molar refractivity (Wildman–Crippen MR) is 96.9 cm³/mol. The first-order valence-corrected chi connectivity index (χ1v) is 8.28. The lowest BCUT2D eigenvalue weighted by Crippen LogP contribution is -2.39. The maximum absolute atomic E-state index is 12.8. The molecule has 0 saturated heterocycles. The van der Waals surface area contributed by atoms with Gasteiger partial charge in [-0.15, -0.1) is 10.2 Å². The van der Waals surface area contributed by atoms with Gasteiger partial charge in [0.05, 0.1) is 11.6 Å². The van der Waals surface area contributed by atoms with Crippen molar-refractivity contribution in [2.45, 2.75) is 6.42 Å². The smallest absolute Gasteiger partial charge is 0.235 e. The molecule has 126 valence electrons. The average Bonchev–Trinajstić information content (AvgIpc) is 3.10. The van der Waals surface area contributed by atoms with E-state index in [0.717, 1.165) is 12.1 Å². The van der Waals surface area contributed by atoms with Gasteiger partial charge in [-0.1, -0.05) is 36.4 Å². The molecular weight excluding hydrogens is 314 g/mol. The van der Waals surface area contributed by atoms with Crippen LogP contribution >= 0.6 is 0 Å². The number of carbonyl (C=O) groups is 1. The number of benzene rings is 2. The third-order valence-electron chi connectivity index (χ3n) is 4.55. The standard InChI is InChI=1S/C19H19N5O/c1-23-12-15(11-14-7-5-6-10-17(14)23)18(25)21-19-22-20-13-24(19)16-8-3-2-4-9-16/h2-10,13,15H,11-12H2,1H3,(H,21,22,25)/t15-/m1/s1. The van der Waals surface area contributed by atoms with Crippen molar-refractivity contribution in [2.75, 3.05) is 23.8 Å². The van der Waals surface area contributed by atoms with Crippen molar-refractivity contribution in [1.82, 2.24) is 14.8 Å². The first-order valence-electron chi connectivity index (χ1n) is 8.28. The molecule has 1 amide bonds. The van der Waals surface area contributed by atoms with Gasteiger partial charge in [-0.05, 0) is 30.2 Å². The minimum Gasteiger partial charge on any atom is -0.374 e. The summed E-state index contributed by atoms with van der Waals surface area (Å²) in [6, 6.07) is 17.9. The Kier molecular flexibility index (Phi) is 3.93. The van der Waals surface area contributed by atoms with E-state index in [9.17, 15) is 4.79 Å². The Labute approximate surface area is 146 Å². The van der Waals surface area contributed by atoms with E-state index in [1.54, 1.807) is 10.9 Å². The zero-order chi connectivity index (χ0) is 17.2. The summed E-state index contributed by atoms with van der Waals surface area (Å²) in [6.45, 7) is 0.683. The molecule has 3 aromatic rings. The predicted octanol–water partition coefficient (Wildman–Crippen LogP) is 2.51. The van der Waals surface area contributed by atoms with Crippen LogP contribution in [0.15, 0.2) is 60.9 Å². The fraction of sp³-hybridized carbons (Fsp3) is 0.211. The van der Waals surface area contributed by atoms with Crippen molar-refractivity contribution in [3.05, 3.63) is 66.5 Å². The number of carbonyl (C=O) groups excluding carboxylic acids is 1. The summed E-state index contributed by atoms with van der Waals surface area (Å²) >= 11 is 0. The molecule has 1 aliphatic rings. The highest BCUT2D eigenvalue weighted by molar-refractivity contribution is 5.92. The maximum atomic E-state index is 12.8. The Morgan fingerprint density at radius 3 is 2.72 bits per heavy atom. The molecule has 0 saturated carbocycles. The number of amides is 1. The molecule has 0 radical (unpaired) electrons. The lowest BCUT2D eigenvalue weighted by atomic mass is 9.92. The van der Waals surface area contributed by atoms with Gasteiger partial charge in [0.15, 0.2) is 0 Å². The third kappa shape index (κ3) is 2.98. The van der Waals surface area contributed by atoms with Crippen molar-refractivity contribution in [3.8, 4) is 5.69 Å². The van der Waals surface area contributed by atoms with E-state index in [4.69, 9.17) is 0 Å². The molecule has 2 heterocycles. The second-order valence-corrected chi connectivity index (χ2v) is 6.26. The lowest BCUT2D eigenvalue weighted by molar-refractivity contribution is -0.119. The summed E-state index contributed by atoms with van der Waals surface area (Å²) in [4.78, 5) is 14.9. The monoisotopic (exact) mass is 333 g/mol. The molecule has 0 fully saturated rings. The summed E-state index contributed by atoms with van der Waals surface area (Å²) < 4.78 is 1.78. The number of rotatable bonds is 3. The number of anilines is 2. The van der Waals surface area contributed by atoms with Gasteiger partial charge >= 0.3 is 0 Å². The molecule has 1 N–H and O–H groups in total. The Balaban J connectivity index is 1.54. The van der Waals surface area contributed by atoms with E-state index in [1.165, 1.54) is 11.3 Å². The minimum absolute atomic E-state index is 0.0356. The minimum atomic E-state index is -0.124. The molecule has 6 nitrogen and oxygen atoms in total. The van der Waals surface area contributed by atoms with Crippen LogP contribution in [0.3, 0.4) is 0 Å². The van der Waals surface area contributed by atoms with Gasteiger partial charge in [-0.25, -0.2) is 0 Å². The zero-order valence-corrected chi connectivity index (χ0v) is 14.0. The van der Waals surface area contributed by atoms with E-state index in [-0.39, 0.29) is 11.8 Å². The van der Waals surface area contributed by atoms with Crippen LogP contribution in [-0.4, -0.2) is 34.3 Å². The molecule has 0 spiro atoms. The highest BCUT2D eigenvalue weighted by Crippen LogP contribution is 2.28. The van der Waals surface area contributed by atoms with Gasteiger partial charge < -0.3 is 4.90 Å². The van der Waals surface area contributed by atoms with Gasteiger partial charge in [-0.2, -0.15) is 0 Å². The Morgan fingerprint density at radius 1 is 1.12 bits per heavy atom. The van der Waals surface area contributed by atoms with Crippen molar-refractivity contribution >= 4 is 17.5 Å². The quantitative estimate of drug-likeness (QED) is 0.800. The number of hydrogen-bond donors (Lipinski definition) is 1. The molecule has 1 aromatic heterocycles. The van der Waals surface area contributed by atoms with Crippen LogP contribution in [0.1, 0.15) is 5.56 Å². The van der Waals surface area contributed by atoms with Crippen molar-refractivity contribution < 1.29 is 4.79 Å². The molecule has 1 atom stereocenters. The largest absolute Gasteiger partial charge is 0.374 e. The molecule has 2 aromatic carbocycles. The van der Waals surface area contributed by atoms with Gasteiger partial charge in [0.25, 0.3) is 0 Å². The number of nitrogens with one attached hydrogen (secondary N) is 1. The van der Waals surface area contributed by atoms with Crippen molar-refractivity contribution in [2.24, 2.45) is 5.92 Å².